The largest absolute Gasteiger partial charge is 0.468 e. The molecule has 8 heteroatoms. The summed E-state index contributed by atoms with van der Waals surface area (Å²) in [6.07, 6.45) is 1.53. The molecule has 1 N–H and O–H groups in total. The minimum absolute atomic E-state index is 0.0289. The van der Waals surface area contributed by atoms with Crippen LogP contribution in [-0.2, 0) is 14.3 Å². The number of methoxy groups -OCH3 is 1. The van der Waals surface area contributed by atoms with Crippen molar-refractivity contribution in [3.05, 3.63) is 58.8 Å². The first-order chi connectivity index (χ1) is 12.4. The number of nitrogens with one attached hydrogen (secondary N) is 1. The van der Waals surface area contributed by atoms with Crippen LogP contribution in [-0.4, -0.2) is 23.6 Å². The quantitative estimate of drug-likeness (QED) is 0.840. The van der Waals surface area contributed by atoms with Crippen molar-refractivity contribution < 1.29 is 18.7 Å². The highest BCUT2D eigenvalue weighted by Gasteiger charge is 2.66. The summed E-state index contributed by atoms with van der Waals surface area (Å²) >= 11 is 0. The highest BCUT2D eigenvalue weighted by atomic mass is 19.1. The molecule has 1 heterocycles. The van der Waals surface area contributed by atoms with Gasteiger partial charge in [-0.05, 0) is 24.6 Å². The van der Waals surface area contributed by atoms with Crippen LogP contribution in [0.3, 0.4) is 0 Å². The number of pyridine rings is 1. The lowest BCUT2D eigenvalue weighted by Crippen LogP contribution is -2.25. The van der Waals surface area contributed by atoms with Crippen molar-refractivity contribution in [3.8, 4) is 11.8 Å². The van der Waals surface area contributed by atoms with Crippen LogP contribution in [0.25, 0.3) is 5.69 Å². The molecule has 1 aromatic heterocycles. The van der Waals surface area contributed by atoms with Gasteiger partial charge in [-0.1, -0.05) is 6.07 Å². The molecule has 1 aliphatic rings. The lowest BCUT2D eigenvalue weighted by atomic mass is 10.1. The Kier molecular flexibility index (Phi) is 4.30. The Morgan fingerprint density at radius 3 is 2.77 bits per heavy atom. The Morgan fingerprint density at radius 2 is 2.15 bits per heavy atom. The second-order valence-corrected chi connectivity index (χ2v) is 5.89. The maximum Gasteiger partial charge on any atom is 0.327 e. The smallest absolute Gasteiger partial charge is 0.327 e. The van der Waals surface area contributed by atoms with Gasteiger partial charge in [-0.15, -0.1) is 0 Å². The average molecular weight is 355 g/mol. The van der Waals surface area contributed by atoms with Gasteiger partial charge in [-0.25, -0.2) is 4.39 Å². The van der Waals surface area contributed by atoms with Gasteiger partial charge in [-0.3, -0.25) is 19.0 Å². The molecule has 7 nitrogen and oxygen atoms in total. The zero-order valence-corrected chi connectivity index (χ0v) is 13.7. The molecule has 1 saturated carbocycles. The highest BCUT2D eigenvalue weighted by molar-refractivity contribution is 6.02. The summed E-state index contributed by atoms with van der Waals surface area (Å²) in [5, 5.41) is 11.5. The van der Waals surface area contributed by atoms with Crippen LogP contribution in [0.2, 0.25) is 0 Å². The number of nitriles is 1. The van der Waals surface area contributed by atoms with Crippen molar-refractivity contribution in [3.63, 3.8) is 0 Å². The second kappa shape index (κ2) is 6.44. The predicted molar refractivity (Wildman–Crippen MR) is 88.8 cm³/mol. The molecule has 2 atom stereocenters. The molecule has 0 radical (unpaired) electrons. The summed E-state index contributed by atoms with van der Waals surface area (Å²) in [6.45, 7) is 0. The maximum atomic E-state index is 14.3. The van der Waals surface area contributed by atoms with Crippen LogP contribution in [0.5, 0.6) is 0 Å². The van der Waals surface area contributed by atoms with E-state index < -0.39 is 29.0 Å². The number of aromatic nitrogens is 1. The lowest BCUT2D eigenvalue weighted by molar-refractivity contribution is -0.146. The first kappa shape index (κ1) is 17.4. The summed E-state index contributed by atoms with van der Waals surface area (Å²) < 4.78 is 20.1. The number of esters is 1. The maximum absolute atomic E-state index is 14.3. The Morgan fingerprint density at radius 1 is 1.38 bits per heavy atom. The zero-order chi connectivity index (χ0) is 18.9. The standard InChI is InChI=1S/C18H14FN3O4/c1-26-17(25)18(10-20)9-12(18)16(24)21-14-6-5-11(8-13(14)19)22-7-3-2-4-15(22)23/h2-8,12H,9H2,1H3,(H,21,24). The van der Waals surface area contributed by atoms with E-state index in [1.165, 1.54) is 29.0 Å². The number of anilines is 1. The predicted octanol–water partition coefficient (Wildman–Crippen LogP) is 1.62. The molecule has 0 bridgehead atoms. The highest BCUT2D eigenvalue weighted by Crippen LogP contribution is 2.53. The number of ether oxygens (including phenoxy) is 1. The van der Waals surface area contributed by atoms with Crippen molar-refractivity contribution in [1.29, 1.82) is 5.26 Å². The molecule has 0 saturated heterocycles. The summed E-state index contributed by atoms with van der Waals surface area (Å²) in [5.41, 5.74) is -1.63. The molecule has 1 amide bonds. The fraction of sp³-hybridized carbons (Fsp3) is 0.222. The van der Waals surface area contributed by atoms with Gasteiger partial charge in [0.1, 0.15) is 5.82 Å². The molecule has 2 aromatic rings. The Balaban J connectivity index is 1.79. The van der Waals surface area contributed by atoms with E-state index in [0.717, 1.165) is 13.2 Å². The average Bonchev–Trinajstić information content (AvgIpc) is 3.39. The molecule has 2 unspecified atom stereocenters. The number of nitrogens with zero attached hydrogens (tertiary/aromatic N) is 2. The van der Waals surface area contributed by atoms with E-state index >= 15 is 0 Å². The summed E-state index contributed by atoms with van der Waals surface area (Å²) in [4.78, 5) is 35.7. The third-order valence-corrected chi connectivity index (χ3v) is 4.34. The van der Waals surface area contributed by atoms with Crippen LogP contribution in [0, 0.1) is 28.5 Å². The zero-order valence-electron chi connectivity index (χ0n) is 13.7. The number of benzene rings is 1. The van der Waals surface area contributed by atoms with E-state index in [0.29, 0.717) is 5.69 Å². The molecule has 0 aliphatic heterocycles. The van der Waals surface area contributed by atoms with Crippen molar-refractivity contribution >= 4 is 17.6 Å². The van der Waals surface area contributed by atoms with Gasteiger partial charge < -0.3 is 10.1 Å². The van der Waals surface area contributed by atoms with E-state index in [-0.39, 0.29) is 17.7 Å². The van der Waals surface area contributed by atoms with E-state index in [2.05, 4.69) is 10.1 Å². The van der Waals surface area contributed by atoms with Crippen LogP contribution < -0.4 is 10.9 Å². The van der Waals surface area contributed by atoms with Gasteiger partial charge in [-0.2, -0.15) is 5.26 Å². The van der Waals surface area contributed by atoms with Crippen molar-refractivity contribution in [2.24, 2.45) is 11.3 Å². The molecule has 26 heavy (non-hydrogen) atoms. The van der Waals surface area contributed by atoms with Gasteiger partial charge >= 0.3 is 5.97 Å². The Bertz CT molecular complexity index is 994. The summed E-state index contributed by atoms with van der Waals surface area (Å²) in [7, 11) is 1.14. The monoisotopic (exact) mass is 355 g/mol. The number of hydrogen-bond acceptors (Lipinski definition) is 5. The van der Waals surface area contributed by atoms with Crippen molar-refractivity contribution in [2.45, 2.75) is 6.42 Å². The molecule has 3 rings (SSSR count). The number of carbonyl (C=O) groups is 2. The molecule has 1 aromatic carbocycles. The Hall–Kier alpha value is -3.47. The molecule has 1 fully saturated rings. The van der Waals surface area contributed by atoms with Gasteiger partial charge in [0.15, 0.2) is 5.41 Å². The molecular formula is C18H14FN3O4. The molecule has 132 valence electrons. The lowest BCUT2D eigenvalue weighted by Gasteiger charge is -2.10. The third-order valence-electron chi connectivity index (χ3n) is 4.34. The number of halogens is 1. The molecule has 1 aliphatic carbocycles. The summed E-state index contributed by atoms with van der Waals surface area (Å²) in [5.74, 6) is -3.05. The fourth-order valence-electron chi connectivity index (χ4n) is 2.77. The van der Waals surface area contributed by atoms with E-state index in [1.54, 1.807) is 18.2 Å². The van der Waals surface area contributed by atoms with Crippen molar-refractivity contribution in [1.82, 2.24) is 4.57 Å². The fourth-order valence-corrected chi connectivity index (χ4v) is 2.77. The SMILES string of the molecule is COC(=O)C1(C#N)CC1C(=O)Nc1ccc(-n2ccccc2=O)cc1F. The summed E-state index contributed by atoms with van der Waals surface area (Å²) in [6, 6.07) is 10.3. The number of hydrogen-bond donors (Lipinski definition) is 1. The van der Waals surface area contributed by atoms with Gasteiger partial charge in [0, 0.05) is 18.3 Å². The first-order valence-electron chi connectivity index (χ1n) is 7.71. The minimum atomic E-state index is -1.51. The van der Waals surface area contributed by atoms with Crippen LogP contribution >= 0.6 is 0 Å². The first-order valence-corrected chi connectivity index (χ1v) is 7.71. The third kappa shape index (κ3) is 2.84. The van der Waals surface area contributed by atoms with Crippen LogP contribution in [0.4, 0.5) is 10.1 Å². The second-order valence-electron chi connectivity index (χ2n) is 5.89. The molecule has 0 spiro atoms. The number of carbonyl (C=O) groups excluding carboxylic acids is 2. The van der Waals surface area contributed by atoms with Crippen LogP contribution in [0.1, 0.15) is 6.42 Å². The normalized spacial score (nSPS) is 20.7. The van der Waals surface area contributed by atoms with Gasteiger partial charge in [0.2, 0.25) is 5.91 Å². The number of amides is 1. The minimum Gasteiger partial charge on any atom is -0.468 e. The van der Waals surface area contributed by atoms with Crippen molar-refractivity contribution in [2.75, 3.05) is 12.4 Å². The number of rotatable bonds is 4. The van der Waals surface area contributed by atoms with Gasteiger partial charge in [0.05, 0.1) is 30.5 Å². The van der Waals surface area contributed by atoms with E-state index in [4.69, 9.17) is 5.26 Å². The molecular weight excluding hydrogens is 341 g/mol. The van der Waals surface area contributed by atoms with E-state index in [9.17, 15) is 18.8 Å². The van der Waals surface area contributed by atoms with Gasteiger partial charge in [0.25, 0.3) is 5.56 Å². The van der Waals surface area contributed by atoms with E-state index in [1.807, 2.05) is 0 Å². The topological polar surface area (TPSA) is 101 Å². The Labute approximate surface area is 147 Å². The van der Waals surface area contributed by atoms with Crippen LogP contribution in [0.15, 0.2) is 47.4 Å².